The molecule has 4 aromatic rings. The number of aromatic amines is 1. The summed E-state index contributed by atoms with van der Waals surface area (Å²) in [6.45, 7) is 3.63. The van der Waals surface area contributed by atoms with E-state index < -0.39 is 12.0 Å². The first-order chi connectivity index (χ1) is 19.2. The van der Waals surface area contributed by atoms with Gasteiger partial charge in [0.05, 0.1) is 22.5 Å². The molecule has 0 saturated carbocycles. The molecule has 0 spiro atoms. The molecule has 3 heterocycles. The molecule has 202 valence electrons. The van der Waals surface area contributed by atoms with E-state index in [4.69, 9.17) is 28.2 Å². The lowest BCUT2D eigenvalue weighted by molar-refractivity contribution is 0.0864. The molecule has 2 aromatic heterocycles. The van der Waals surface area contributed by atoms with Crippen molar-refractivity contribution in [1.29, 1.82) is 0 Å². The number of benzene rings is 2. The molecule has 5 rings (SSSR count). The molecule has 0 bridgehead atoms. The van der Waals surface area contributed by atoms with Gasteiger partial charge in [0.1, 0.15) is 5.69 Å². The minimum absolute atomic E-state index is 0.0555. The van der Waals surface area contributed by atoms with Crippen LogP contribution in [0, 0.1) is 24.7 Å². The summed E-state index contributed by atoms with van der Waals surface area (Å²) >= 11 is 6.23. The van der Waals surface area contributed by atoms with Crippen molar-refractivity contribution in [2.75, 3.05) is 30.7 Å². The van der Waals surface area contributed by atoms with Crippen LogP contribution < -0.4 is 16.8 Å². The first-order valence-electron chi connectivity index (χ1n) is 12.4. The van der Waals surface area contributed by atoms with E-state index in [0.717, 1.165) is 22.4 Å². The number of nitrogens with two attached hydrogens (primary N) is 2. The molecule has 2 amide bonds. The fourth-order valence-electron chi connectivity index (χ4n) is 4.51. The third-order valence-corrected chi connectivity index (χ3v) is 6.88. The Kier molecular flexibility index (Phi) is 7.31. The number of primary amides is 1. The van der Waals surface area contributed by atoms with Gasteiger partial charge in [0.25, 0.3) is 5.91 Å². The third kappa shape index (κ3) is 5.70. The number of carbonyl (C=O) groups excluding carboxylic acids is 1. The topological polar surface area (TPSA) is 163 Å². The van der Waals surface area contributed by atoms with Gasteiger partial charge in [-0.1, -0.05) is 35.6 Å². The summed E-state index contributed by atoms with van der Waals surface area (Å²) in [6.07, 6.45) is 0.646. The van der Waals surface area contributed by atoms with E-state index >= 15 is 0 Å². The highest BCUT2D eigenvalue weighted by atomic mass is 35.5. The molecule has 0 aliphatic carbocycles. The highest BCUT2D eigenvalue weighted by Gasteiger charge is 2.29. The van der Waals surface area contributed by atoms with E-state index in [-0.39, 0.29) is 17.4 Å². The summed E-state index contributed by atoms with van der Waals surface area (Å²) < 4.78 is 0. The van der Waals surface area contributed by atoms with Crippen LogP contribution in [0.3, 0.4) is 0 Å². The molecule has 1 saturated heterocycles. The number of hydrogen-bond donors (Lipinski definition) is 5. The molecule has 2 aromatic carbocycles. The highest BCUT2D eigenvalue weighted by molar-refractivity contribution is 6.31. The van der Waals surface area contributed by atoms with Crippen LogP contribution in [0.5, 0.6) is 0 Å². The SMILES string of the molecule is Cc1ccc(Cl)cc1-c1[nH]c(-c2nc(N)ncc2C#Cc2cccc(NCC3CN(C(=O)O)C3)c2)cc1C(N)=O. The predicted octanol–water partition coefficient (Wildman–Crippen LogP) is 4.20. The number of halogens is 1. The zero-order chi connectivity index (χ0) is 28.4. The van der Waals surface area contributed by atoms with E-state index in [1.54, 1.807) is 18.2 Å². The zero-order valence-corrected chi connectivity index (χ0v) is 22.3. The van der Waals surface area contributed by atoms with Crippen LogP contribution in [-0.4, -0.2) is 56.6 Å². The Hall–Kier alpha value is -5.01. The summed E-state index contributed by atoms with van der Waals surface area (Å²) in [5.74, 6) is 5.98. The van der Waals surface area contributed by atoms with E-state index in [2.05, 4.69) is 32.1 Å². The number of nitrogens with zero attached hydrogens (tertiary/aromatic N) is 3. The Morgan fingerprint density at radius 2 is 2.00 bits per heavy atom. The molecule has 1 fully saturated rings. The number of nitrogens with one attached hydrogen (secondary N) is 2. The number of aromatic nitrogens is 3. The Morgan fingerprint density at radius 1 is 1.20 bits per heavy atom. The van der Waals surface area contributed by atoms with Gasteiger partial charge in [0.2, 0.25) is 5.95 Å². The highest BCUT2D eigenvalue weighted by Crippen LogP contribution is 2.33. The molecular weight excluding hydrogens is 530 g/mol. The molecule has 7 N–H and O–H groups in total. The van der Waals surface area contributed by atoms with Gasteiger partial charge in [-0.2, -0.15) is 0 Å². The van der Waals surface area contributed by atoms with Crippen LogP contribution >= 0.6 is 11.6 Å². The average molecular weight is 556 g/mol. The van der Waals surface area contributed by atoms with Gasteiger partial charge < -0.3 is 31.8 Å². The molecule has 0 radical (unpaired) electrons. The number of carbonyl (C=O) groups is 2. The monoisotopic (exact) mass is 555 g/mol. The van der Waals surface area contributed by atoms with Gasteiger partial charge in [-0.25, -0.2) is 14.8 Å². The standard InChI is InChI=1S/C29H26ClN7O3/c1-16-5-8-20(30)10-22(16)26-23(27(31)38)11-24(35-26)25-19(13-34-28(32)36-25)7-6-17-3-2-4-21(9-17)33-12-18-14-37(15-18)29(39)40/h2-5,8-11,13,18,33,35H,12,14-15H2,1H3,(H2,31,38)(H,39,40)(H2,32,34,36). The third-order valence-electron chi connectivity index (χ3n) is 6.64. The van der Waals surface area contributed by atoms with E-state index in [9.17, 15) is 9.59 Å². The van der Waals surface area contributed by atoms with Crippen molar-refractivity contribution in [1.82, 2.24) is 19.9 Å². The van der Waals surface area contributed by atoms with Crippen LogP contribution in [0.2, 0.25) is 5.02 Å². The van der Waals surface area contributed by atoms with E-state index in [1.165, 1.54) is 11.1 Å². The fourth-order valence-corrected chi connectivity index (χ4v) is 4.68. The van der Waals surface area contributed by atoms with Crippen LogP contribution in [-0.2, 0) is 0 Å². The number of nitrogen functional groups attached to an aromatic ring is 1. The second-order valence-electron chi connectivity index (χ2n) is 9.55. The number of anilines is 2. The number of carboxylic acid groups (broad SMARTS) is 1. The van der Waals surface area contributed by atoms with Gasteiger partial charge in [0, 0.05) is 53.6 Å². The summed E-state index contributed by atoms with van der Waals surface area (Å²) in [6, 6.07) is 14.6. The van der Waals surface area contributed by atoms with Gasteiger partial charge in [-0.3, -0.25) is 4.79 Å². The lowest BCUT2D eigenvalue weighted by Crippen LogP contribution is -2.51. The van der Waals surface area contributed by atoms with Crippen molar-refractivity contribution in [3.63, 3.8) is 0 Å². The zero-order valence-electron chi connectivity index (χ0n) is 21.5. The molecule has 1 aliphatic heterocycles. The second-order valence-corrected chi connectivity index (χ2v) is 9.99. The number of aryl methyl sites for hydroxylation is 1. The minimum atomic E-state index is -0.888. The molecule has 0 atom stereocenters. The van der Waals surface area contributed by atoms with Crippen molar-refractivity contribution in [3.8, 4) is 34.5 Å². The maximum Gasteiger partial charge on any atom is 0.407 e. The molecule has 0 unspecified atom stereocenters. The largest absolute Gasteiger partial charge is 0.465 e. The predicted molar refractivity (Wildman–Crippen MR) is 154 cm³/mol. The summed E-state index contributed by atoms with van der Waals surface area (Å²) in [5.41, 5.74) is 17.2. The van der Waals surface area contributed by atoms with Crippen LogP contribution in [0.15, 0.2) is 54.7 Å². The lowest BCUT2D eigenvalue weighted by Gasteiger charge is -2.37. The summed E-state index contributed by atoms with van der Waals surface area (Å²) in [4.78, 5) is 36.5. The van der Waals surface area contributed by atoms with E-state index in [0.29, 0.717) is 47.3 Å². The van der Waals surface area contributed by atoms with Crippen molar-refractivity contribution in [3.05, 3.63) is 82.0 Å². The van der Waals surface area contributed by atoms with E-state index in [1.807, 2.05) is 37.3 Å². The maximum absolute atomic E-state index is 12.3. The number of hydrogen-bond acceptors (Lipinski definition) is 6. The average Bonchev–Trinajstić information content (AvgIpc) is 3.34. The van der Waals surface area contributed by atoms with Gasteiger partial charge in [0.15, 0.2) is 0 Å². The molecule has 1 aliphatic rings. The first-order valence-corrected chi connectivity index (χ1v) is 12.8. The minimum Gasteiger partial charge on any atom is -0.465 e. The Bertz CT molecular complexity index is 1680. The Labute approximate surface area is 235 Å². The summed E-state index contributed by atoms with van der Waals surface area (Å²) in [5, 5.41) is 12.9. The molecule has 40 heavy (non-hydrogen) atoms. The number of H-pyrrole nitrogens is 1. The first kappa shape index (κ1) is 26.6. The van der Waals surface area contributed by atoms with Crippen molar-refractivity contribution >= 4 is 35.2 Å². The van der Waals surface area contributed by atoms with Gasteiger partial charge >= 0.3 is 6.09 Å². The fraction of sp³-hybridized carbons (Fsp3) is 0.172. The summed E-state index contributed by atoms with van der Waals surface area (Å²) in [7, 11) is 0. The lowest BCUT2D eigenvalue weighted by atomic mass is 10.0. The number of likely N-dealkylation sites (tertiary alicyclic amines) is 1. The Balaban J connectivity index is 1.43. The van der Waals surface area contributed by atoms with Crippen molar-refractivity contribution in [2.45, 2.75) is 6.92 Å². The second kappa shape index (κ2) is 11.0. The van der Waals surface area contributed by atoms with Crippen molar-refractivity contribution < 1.29 is 14.7 Å². The van der Waals surface area contributed by atoms with Crippen molar-refractivity contribution in [2.24, 2.45) is 11.7 Å². The molecular formula is C29H26ClN7O3. The smallest absolute Gasteiger partial charge is 0.407 e. The van der Waals surface area contributed by atoms with Gasteiger partial charge in [-0.15, -0.1) is 0 Å². The van der Waals surface area contributed by atoms with Crippen LogP contribution in [0.1, 0.15) is 27.0 Å². The maximum atomic E-state index is 12.3. The molecule has 11 heteroatoms. The van der Waals surface area contributed by atoms with Crippen LogP contribution in [0.25, 0.3) is 22.6 Å². The molecule has 10 nitrogen and oxygen atoms in total. The number of amides is 2. The Morgan fingerprint density at radius 3 is 2.75 bits per heavy atom. The van der Waals surface area contributed by atoms with Gasteiger partial charge in [-0.05, 0) is 48.9 Å². The quantitative estimate of drug-likeness (QED) is 0.222. The number of rotatable bonds is 6. The normalized spacial score (nSPS) is 12.8. The van der Waals surface area contributed by atoms with Crippen LogP contribution in [0.4, 0.5) is 16.4 Å².